The van der Waals surface area contributed by atoms with E-state index in [1.807, 2.05) is 37.3 Å². The first-order valence-electron chi connectivity index (χ1n) is 5.16. The summed E-state index contributed by atoms with van der Waals surface area (Å²) in [7, 11) is 0. The molecular weight excluding hydrogens is 257 g/mol. The van der Waals surface area contributed by atoms with Crippen LogP contribution >= 0.6 is 23.2 Å². The number of hydrogen-bond donors (Lipinski definition) is 0. The lowest BCUT2D eigenvalue weighted by atomic mass is 10.2. The summed E-state index contributed by atoms with van der Waals surface area (Å²) in [4.78, 5) is 3.94. The first-order valence-corrected chi connectivity index (χ1v) is 5.92. The molecule has 17 heavy (non-hydrogen) atoms. The fourth-order valence-electron chi connectivity index (χ4n) is 1.41. The van der Waals surface area contributed by atoms with E-state index in [1.165, 1.54) is 0 Å². The number of ether oxygens (including phenoxy) is 1. The van der Waals surface area contributed by atoms with Crippen molar-refractivity contribution in [2.24, 2.45) is 0 Å². The smallest absolute Gasteiger partial charge is 0.137 e. The Morgan fingerprint density at radius 1 is 1.18 bits per heavy atom. The minimum atomic E-state index is 0.337. The van der Waals surface area contributed by atoms with Crippen LogP contribution < -0.4 is 4.74 Å². The van der Waals surface area contributed by atoms with Crippen LogP contribution in [-0.4, -0.2) is 4.98 Å². The molecule has 0 N–H and O–H groups in total. The zero-order valence-electron chi connectivity index (χ0n) is 9.28. The van der Waals surface area contributed by atoms with Crippen molar-refractivity contribution >= 4 is 23.2 Å². The van der Waals surface area contributed by atoms with Crippen LogP contribution in [0.4, 0.5) is 0 Å². The van der Waals surface area contributed by atoms with E-state index in [9.17, 15) is 0 Å². The van der Waals surface area contributed by atoms with E-state index in [1.54, 1.807) is 6.07 Å². The molecule has 0 aliphatic carbocycles. The average molecular weight is 268 g/mol. The van der Waals surface area contributed by atoms with Crippen molar-refractivity contribution in [3.63, 3.8) is 0 Å². The van der Waals surface area contributed by atoms with E-state index in [4.69, 9.17) is 27.9 Å². The second-order valence-corrected chi connectivity index (χ2v) is 4.38. The highest BCUT2D eigenvalue weighted by Gasteiger charge is 2.07. The van der Waals surface area contributed by atoms with Gasteiger partial charge < -0.3 is 4.74 Å². The SMILES string of the molecule is Cc1c(OCc2ccccc2)cc(Cl)nc1Cl. The van der Waals surface area contributed by atoms with Gasteiger partial charge in [-0.3, -0.25) is 0 Å². The molecule has 0 amide bonds. The first-order chi connectivity index (χ1) is 8.16. The Hall–Kier alpha value is -1.25. The van der Waals surface area contributed by atoms with E-state index >= 15 is 0 Å². The van der Waals surface area contributed by atoms with E-state index in [0.717, 1.165) is 11.1 Å². The molecule has 2 nitrogen and oxygen atoms in total. The van der Waals surface area contributed by atoms with Crippen molar-refractivity contribution in [1.82, 2.24) is 4.98 Å². The predicted molar refractivity (Wildman–Crippen MR) is 69.8 cm³/mol. The molecule has 88 valence electrons. The molecule has 0 spiro atoms. The molecule has 0 bridgehead atoms. The summed E-state index contributed by atoms with van der Waals surface area (Å²) in [5.74, 6) is 0.666. The van der Waals surface area contributed by atoms with Crippen LogP contribution in [0.2, 0.25) is 10.3 Å². The van der Waals surface area contributed by atoms with Gasteiger partial charge in [0.1, 0.15) is 22.7 Å². The third-order valence-corrected chi connectivity index (χ3v) is 2.93. The zero-order valence-corrected chi connectivity index (χ0v) is 10.8. The fourth-order valence-corrected chi connectivity index (χ4v) is 1.82. The number of rotatable bonds is 3. The molecule has 2 rings (SSSR count). The van der Waals surface area contributed by atoms with Crippen LogP contribution in [-0.2, 0) is 6.61 Å². The standard InChI is InChI=1S/C13H11Cl2NO/c1-9-11(7-12(14)16-13(9)15)17-8-10-5-3-2-4-6-10/h2-7H,8H2,1H3. The topological polar surface area (TPSA) is 22.1 Å². The number of hydrogen-bond acceptors (Lipinski definition) is 2. The number of pyridine rings is 1. The summed E-state index contributed by atoms with van der Waals surface area (Å²) < 4.78 is 5.68. The van der Waals surface area contributed by atoms with Crippen LogP contribution in [0.15, 0.2) is 36.4 Å². The number of halogens is 2. The molecule has 4 heteroatoms. The molecule has 0 aliphatic heterocycles. The minimum Gasteiger partial charge on any atom is -0.488 e. The van der Waals surface area contributed by atoms with E-state index < -0.39 is 0 Å². The summed E-state index contributed by atoms with van der Waals surface area (Å²) in [6.45, 7) is 2.34. The van der Waals surface area contributed by atoms with Gasteiger partial charge in [-0.15, -0.1) is 0 Å². The lowest BCUT2D eigenvalue weighted by molar-refractivity contribution is 0.304. The van der Waals surface area contributed by atoms with Crippen molar-refractivity contribution in [2.45, 2.75) is 13.5 Å². The zero-order chi connectivity index (χ0) is 12.3. The Labute approximate surface area is 110 Å². The summed E-state index contributed by atoms with van der Waals surface area (Å²) in [6.07, 6.45) is 0. The van der Waals surface area contributed by atoms with Crippen LogP contribution in [0.1, 0.15) is 11.1 Å². The average Bonchev–Trinajstić information content (AvgIpc) is 2.33. The Balaban J connectivity index is 2.14. The van der Waals surface area contributed by atoms with Gasteiger partial charge >= 0.3 is 0 Å². The van der Waals surface area contributed by atoms with Gasteiger partial charge in [-0.1, -0.05) is 53.5 Å². The van der Waals surface area contributed by atoms with Gasteiger partial charge in [0.15, 0.2) is 0 Å². The summed E-state index contributed by atoms with van der Waals surface area (Å²) >= 11 is 11.8. The maximum absolute atomic E-state index is 5.93. The lowest BCUT2D eigenvalue weighted by Gasteiger charge is -2.10. The van der Waals surface area contributed by atoms with E-state index in [0.29, 0.717) is 22.7 Å². The normalized spacial score (nSPS) is 10.3. The van der Waals surface area contributed by atoms with E-state index in [2.05, 4.69) is 4.98 Å². The van der Waals surface area contributed by atoms with Crippen molar-refractivity contribution < 1.29 is 4.74 Å². The minimum absolute atomic E-state index is 0.337. The molecule has 1 heterocycles. The van der Waals surface area contributed by atoms with Gasteiger partial charge in [0.05, 0.1) is 0 Å². The molecule has 1 aromatic carbocycles. The molecule has 0 radical (unpaired) electrons. The van der Waals surface area contributed by atoms with Crippen LogP contribution in [0.5, 0.6) is 5.75 Å². The van der Waals surface area contributed by atoms with Crippen LogP contribution in [0.3, 0.4) is 0 Å². The number of aromatic nitrogens is 1. The monoisotopic (exact) mass is 267 g/mol. The second-order valence-electron chi connectivity index (χ2n) is 3.63. The predicted octanol–water partition coefficient (Wildman–Crippen LogP) is 4.28. The van der Waals surface area contributed by atoms with Gasteiger partial charge in [0.25, 0.3) is 0 Å². The summed E-state index contributed by atoms with van der Waals surface area (Å²) in [5, 5.41) is 0.712. The Kier molecular flexibility index (Phi) is 3.87. The Morgan fingerprint density at radius 2 is 1.88 bits per heavy atom. The molecule has 0 saturated heterocycles. The lowest BCUT2D eigenvalue weighted by Crippen LogP contribution is -1.98. The largest absolute Gasteiger partial charge is 0.488 e. The van der Waals surface area contributed by atoms with Crippen molar-refractivity contribution in [1.29, 1.82) is 0 Å². The quantitative estimate of drug-likeness (QED) is 0.775. The van der Waals surface area contributed by atoms with E-state index in [-0.39, 0.29) is 0 Å². The molecule has 2 aromatic rings. The van der Waals surface area contributed by atoms with Gasteiger partial charge in [-0.05, 0) is 12.5 Å². The van der Waals surface area contributed by atoms with Gasteiger partial charge in [-0.2, -0.15) is 0 Å². The molecule has 0 fully saturated rings. The maximum Gasteiger partial charge on any atom is 0.137 e. The van der Waals surface area contributed by atoms with Crippen LogP contribution in [0, 0.1) is 6.92 Å². The van der Waals surface area contributed by atoms with Crippen molar-refractivity contribution in [3.8, 4) is 5.75 Å². The first kappa shape index (κ1) is 12.2. The highest BCUT2D eigenvalue weighted by Crippen LogP contribution is 2.27. The fraction of sp³-hybridized carbons (Fsp3) is 0.154. The molecule has 0 aliphatic rings. The summed E-state index contributed by atoms with van der Waals surface area (Å²) in [6, 6.07) is 11.6. The van der Waals surface area contributed by atoms with Crippen molar-refractivity contribution in [3.05, 3.63) is 57.8 Å². The molecule has 1 aromatic heterocycles. The molecule has 0 saturated carbocycles. The highest BCUT2D eigenvalue weighted by molar-refractivity contribution is 6.33. The Bertz CT molecular complexity index is 514. The number of benzene rings is 1. The van der Waals surface area contributed by atoms with Gasteiger partial charge in [0, 0.05) is 11.6 Å². The number of nitrogens with zero attached hydrogens (tertiary/aromatic N) is 1. The second kappa shape index (κ2) is 5.39. The van der Waals surface area contributed by atoms with Crippen LogP contribution in [0.25, 0.3) is 0 Å². The maximum atomic E-state index is 5.93. The van der Waals surface area contributed by atoms with Crippen molar-refractivity contribution in [2.75, 3.05) is 0 Å². The third-order valence-electron chi connectivity index (χ3n) is 2.37. The van der Waals surface area contributed by atoms with Gasteiger partial charge in [-0.25, -0.2) is 4.98 Å². The molecular formula is C13H11Cl2NO. The van der Waals surface area contributed by atoms with Gasteiger partial charge in [0.2, 0.25) is 0 Å². The highest BCUT2D eigenvalue weighted by atomic mass is 35.5. The Morgan fingerprint density at radius 3 is 2.59 bits per heavy atom. The molecule has 0 atom stereocenters. The molecule has 0 unspecified atom stereocenters. The summed E-state index contributed by atoms with van der Waals surface area (Å²) in [5.41, 5.74) is 1.89. The third kappa shape index (κ3) is 3.11.